The van der Waals surface area contributed by atoms with Gasteiger partial charge in [0.25, 0.3) is 0 Å². The zero-order valence-corrected chi connectivity index (χ0v) is 25.4. The van der Waals surface area contributed by atoms with Crippen LogP contribution in [0.3, 0.4) is 0 Å². The maximum atomic E-state index is 3.62. The molecule has 0 atom stereocenters. The van der Waals surface area contributed by atoms with E-state index in [0.29, 0.717) is 0 Å². The number of aromatic amines is 2. The summed E-state index contributed by atoms with van der Waals surface area (Å²) in [5.74, 6) is 0. The molecule has 0 aliphatic rings. The summed E-state index contributed by atoms with van der Waals surface area (Å²) in [5, 5.41) is 5.29. The van der Waals surface area contributed by atoms with Crippen molar-refractivity contribution in [2.45, 2.75) is 65.5 Å². The Morgan fingerprint density at radius 3 is 1.34 bits per heavy atom. The van der Waals surface area contributed by atoms with Crippen molar-refractivity contribution in [2.24, 2.45) is 0 Å². The fraction of sp³-hybridized carbons (Fsp3) is 0.312. The molecule has 0 unspecified atom stereocenters. The first-order valence-corrected chi connectivity index (χ1v) is 13.5. The number of hydrogen-bond donors (Lipinski definition) is 2. The molecule has 4 heterocycles. The van der Waals surface area contributed by atoms with E-state index in [1.165, 1.54) is 93.5 Å². The maximum Gasteiger partial charge on any atom is 0.202 e. The zero-order chi connectivity index (χ0) is 24.5. The van der Waals surface area contributed by atoms with Crippen LogP contribution in [0.1, 0.15) is 49.9 Å². The number of pyridine rings is 2. The number of halogens is 2. The highest BCUT2D eigenvalue weighted by Crippen LogP contribution is 2.26. The van der Waals surface area contributed by atoms with Gasteiger partial charge in [-0.3, -0.25) is 0 Å². The monoisotopic (exact) mass is 634 g/mol. The summed E-state index contributed by atoms with van der Waals surface area (Å²) in [5.41, 5.74) is 7.67. The van der Waals surface area contributed by atoms with Crippen LogP contribution in [0.25, 0.3) is 43.6 Å². The third kappa shape index (κ3) is 5.39. The van der Waals surface area contributed by atoms with Gasteiger partial charge in [-0.1, -0.05) is 49.2 Å². The van der Waals surface area contributed by atoms with Crippen molar-refractivity contribution in [2.75, 3.05) is 0 Å². The molecule has 2 N–H and O–H groups in total. The first kappa shape index (κ1) is 28.3. The number of nitrogens with zero attached hydrogens (tertiary/aromatic N) is 2. The summed E-state index contributed by atoms with van der Waals surface area (Å²) in [7, 11) is 0. The molecule has 0 radical (unpaired) electrons. The van der Waals surface area contributed by atoms with Crippen LogP contribution in [0.4, 0.5) is 0 Å². The van der Waals surface area contributed by atoms with Crippen LogP contribution in [0.5, 0.6) is 0 Å². The first-order valence-electron chi connectivity index (χ1n) is 13.5. The molecule has 2 aromatic carbocycles. The zero-order valence-electron chi connectivity index (χ0n) is 22.2. The van der Waals surface area contributed by atoms with Gasteiger partial charge in [0, 0.05) is 71.4 Å². The van der Waals surface area contributed by atoms with Gasteiger partial charge in [-0.2, -0.15) is 0 Å². The topological polar surface area (TPSA) is 39.3 Å². The highest BCUT2D eigenvalue weighted by atomic mass is 79.9. The second-order valence-electron chi connectivity index (χ2n) is 10.2. The van der Waals surface area contributed by atoms with Crippen LogP contribution in [0, 0.1) is 13.8 Å². The molecule has 4 aromatic heterocycles. The fourth-order valence-corrected chi connectivity index (χ4v) is 5.84. The number of aryl methyl sites for hydroxylation is 4. The smallest absolute Gasteiger partial charge is 0.202 e. The highest BCUT2D eigenvalue weighted by Gasteiger charge is 2.16. The number of benzene rings is 2. The maximum absolute atomic E-state index is 3.62. The summed E-state index contributed by atoms with van der Waals surface area (Å²) < 4.78 is 4.83. The van der Waals surface area contributed by atoms with Crippen LogP contribution < -0.4 is 43.1 Å². The van der Waals surface area contributed by atoms with Gasteiger partial charge in [0.05, 0.1) is 0 Å². The normalized spacial score (nSPS) is 11.3. The van der Waals surface area contributed by atoms with E-state index < -0.39 is 0 Å². The molecule has 0 saturated heterocycles. The molecule has 198 valence electrons. The van der Waals surface area contributed by atoms with Gasteiger partial charge in [-0.05, 0) is 25.0 Å². The molecule has 6 heteroatoms. The Morgan fingerprint density at radius 1 is 0.500 bits per heavy atom. The lowest BCUT2D eigenvalue weighted by molar-refractivity contribution is -0.702. The highest BCUT2D eigenvalue weighted by molar-refractivity contribution is 6.08. The molecular weight excluding hydrogens is 600 g/mol. The van der Waals surface area contributed by atoms with Crippen molar-refractivity contribution < 1.29 is 43.1 Å². The molecule has 0 saturated carbocycles. The second-order valence-corrected chi connectivity index (χ2v) is 10.2. The van der Waals surface area contributed by atoms with E-state index in [-0.39, 0.29) is 34.0 Å². The third-order valence-corrected chi connectivity index (χ3v) is 7.97. The van der Waals surface area contributed by atoms with Crippen LogP contribution in [-0.4, -0.2) is 9.97 Å². The third-order valence-electron chi connectivity index (χ3n) is 7.97. The molecule has 0 bridgehead atoms. The lowest BCUT2D eigenvalue weighted by Crippen LogP contribution is -3.00. The Hall–Kier alpha value is -2.70. The first-order chi connectivity index (χ1) is 17.7. The van der Waals surface area contributed by atoms with Crippen molar-refractivity contribution in [3.63, 3.8) is 0 Å². The number of hydrogen-bond acceptors (Lipinski definition) is 0. The molecule has 6 aromatic rings. The lowest BCUT2D eigenvalue weighted by Gasteiger charge is -2.04. The average molecular weight is 636 g/mol. The minimum absolute atomic E-state index is 0. The van der Waals surface area contributed by atoms with Gasteiger partial charge in [0.2, 0.25) is 11.4 Å². The van der Waals surface area contributed by atoms with Crippen molar-refractivity contribution in [3.8, 4) is 0 Å². The number of aromatic nitrogens is 4. The summed E-state index contributed by atoms with van der Waals surface area (Å²) >= 11 is 0. The van der Waals surface area contributed by atoms with E-state index in [1.807, 2.05) is 0 Å². The minimum atomic E-state index is 0. The Kier molecular flexibility index (Phi) is 9.27. The molecule has 0 amide bonds. The Balaban J connectivity index is 0.00000168. The van der Waals surface area contributed by atoms with Crippen molar-refractivity contribution >= 4 is 43.6 Å². The number of para-hydroxylation sites is 2. The second kappa shape index (κ2) is 12.4. The molecular formula is C32H36Br2N4. The van der Waals surface area contributed by atoms with Gasteiger partial charge < -0.3 is 43.9 Å². The van der Waals surface area contributed by atoms with E-state index >= 15 is 0 Å². The molecule has 0 spiro atoms. The van der Waals surface area contributed by atoms with Crippen LogP contribution in [0.15, 0.2) is 73.1 Å². The van der Waals surface area contributed by atoms with E-state index in [9.17, 15) is 0 Å². The predicted molar refractivity (Wildman–Crippen MR) is 149 cm³/mol. The molecule has 0 aliphatic heterocycles. The molecule has 38 heavy (non-hydrogen) atoms. The summed E-state index contributed by atoms with van der Waals surface area (Å²) in [6.45, 7) is 6.67. The number of fused-ring (bicyclic) bond motifs is 6. The lowest BCUT2D eigenvalue weighted by atomic mass is 10.1. The van der Waals surface area contributed by atoms with Crippen molar-refractivity contribution in [3.05, 3.63) is 84.4 Å². The molecule has 0 fully saturated rings. The standard InChI is InChI=1S/C32H34N4.2BrH/c1-23-31-27(25-13-7-9-15-29(25)33-31)17-21-35(23)19-11-5-3-4-6-12-20-36-22-18-28-26-14-8-10-16-30(26)34-32(28)24(36)2;;/h7-10,13-18,21-22H,3-6,11-12,19-20H2,1-2H3;2*1H. The Labute approximate surface area is 245 Å². The van der Waals surface area contributed by atoms with Gasteiger partial charge in [-0.25, -0.2) is 9.13 Å². The van der Waals surface area contributed by atoms with E-state index in [0.717, 1.165) is 13.1 Å². The van der Waals surface area contributed by atoms with E-state index in [2.05, 4.69) is 106 Å². The van der Waals surface area contributed by atoms with Gasteiger partial charge in [-0.15, -0.1) is 0 Å². The van der Waals surface area contributed by atoms with Crippen LogP contribution >= 0.6 is 0 Å². The summed E-state index contributed by atoms with van der Waals surface area (Å²) in [6.07, 6.45) is 12.2. The van der Waals surface area contributed by atoms with E-state index in [1.54, 1.807) is 0 Å². The van der Waals surface area contributed by atoms with Crippen molar-refractivity contribution in [1.29, 1.82) is 0 Å². The largest absolute Gasteiger partial charge is 1.00 e. The van der Waals surface area contributed by atoms with Gasteiger partial charge >= 0.3 is 0 Å². The van der Waals surface area contributed by atoms with Crippen LogP contribution in [0.2, 0.25) is 0 Å². The molecule has 0 aliphatic carbocycles. The van der Waals surface area contributed by atoms with E-state index in [4.69, 9.17) is 0 Å². The van der Waals surface area contributed by atoms with Gasteiger partial charge in [0.1, 0.15) is 24.1 Å². The number of H-pyrrole nitrogens is 2. The average Bonchev–Trinajstić information content (AvgIpc) is 3.47. The Morgan fingerprint density at radius 2 is 0.895 bits per heavy atom. The van der Waals surface area contributed by atoms with Crippen molar-refractivity contribution in [1.82, 2.24) is 9.97 Å². The number of unbranched alkanes of at least 4 members (excludes halogenated alkanes) is 5. The fourth-order valence-electron chi connectivity index (χ4n) is 5.84. The molecule has 4 nitrogen and oxygen atoms in total. The quantitative estimate of drug-likeness (QED) is 0.177. The summed E-state index contributed by atoms with van der Waals surface area (Å²) in [6, 6.07) is 21.7. The SMILES string of the molecule is Cc1c2[nH]c3ccccc3c2cc[n+]1CCCCCCCC[n+]1ccc2c([nH]c3ccccc32)c1C.[Br-].[Br-]. The minimum Gasteiger partial charge on any atom is -1.00 e. The predicted octanol–water partition coefficient (Wildman–Crippen LogP) is 1.20. The van der Waals surface area contributed by atoms with Gasteiger partial charge in [0.15, 0.2) is 12.4 Å². The number of nitrogens with one attached hydrogen (secondary N) is 2. The van der Waals surface area contributed by atoms with Crippen LogP contribution in [-0.2, 0) is 13.1 Å². The number of rotatable bonds is 9. The Bertz CT molecular complexity index is 1560. The summed E-state index contributed by atoms with van der Waals surface area (Å²) in [4.78, 5) is 7.24. The molecule has 6 rings (SSSR count).